The smallest absolute Gasteiger partial charge is 0.324 e. The zero-order chi connectivity index (χ0) is 22.9. The van der Waals surface area contributed by atoms with Gasteiger partial charge in [0.2, 0.25) is 0 Å². The summed E-state index contributed by atoms with van der Waals surface area (Å²) in [4.78, 5) is 9.97. The van der Waals surface area contributed by atoms with Crippen molar-refractivity contribution < 1.29 is 14.0 Å². The highest BCUT2D eigenvalue weighted by atomic mass is 31.2. The quantitative estimate of drug-likeness (QED) is 0.103. The predicted octanol–water partition coefficient (Wildman–Crippen LogP) is 10.2. The Kier molecular flexibility index (Phi) is 24.9. The van der Waals surface area contributed by atoms with E-state index in [-0.39, 0.29) is 0 Å². The van der Waals surface area contributed by atoms with E-state index in [0.29, 0.717) is 12.8 Å². The van der Waals surface area contributed by atoms with Crippen LogP contribution in [0.1, 0.15) is 162 Å². The number of unbranched alkanes of at least 4 members (excludes halogenated alkanes) is 21. The first-order valence-corrected chi connectivity index (χ1v) is 15.8. The van der Waals surface area contributed by atoms with Crippen molar-refractivity contribution in [2.45, 2.75) is 162 Å². The third kappa shape index (κ3) is 26.3. The van der Waals surface area contributed by atoms with Gasteiger partial charge in [0.15, 0.2) is 0 Å². The minimum Gasteiger partial charge on any atom is -0.324 e. The van der Waals surface area contributed by atoms with Gasteiger partial charge in [-0.3, -0.25) is 4.57 Å². The van der Waals surface area contributed by atoms with Crippen molar-refractivity contribution in [1.29, 1.82) is 0 Å². The molecule has 31 heavy (non-hydrogen) atoms. The first-order chi connectivity index (χ1) is 15.1. The van der Waals surface area contributed by atoms with Crippen LogP contribution in [0.15, 0.2) is 0 Å². The first-order valence-electron chi connectivity index (χ1n) is 14.1. The molecule has 0 aliphatic rings. The van der Waals surface area contributed by atoms with Crippen LogP contribution in [0.2, 0.25) is 0 Å². The molecule has 0 spiro atoms. The molecule has 0 aromatic heterocycles. The summed E-state index contributed by atoms with van der Waals surface area (Å²) in [5.41, 5.74) is 0. The molecule has 3 nitrogen and oxygen atoms in total. The van der Waals surface area contributed by atoms with Gasteiger partial charge in [0, 0.05) is 6.16 Å². The van der Waals surface area contributed by atoms with Crippen molar-refractivity contribution in [2.75, 3.05) is 12.8 Å². The summed E-state index contributed by atoms with van der Waals surface area (Å²) in [6.45, 7) is 4.98. The largest absolute Gasteiger partial charge is 0.328 e. The second-order valence-electron chi connectivity index (χ2n) is 9.62. The number of hydrogen-bond acceptors (Lipinski definition) is 2. The van der Waals surface area contributed by atoms with Gasteiger partial charge >= 0.3 is 7.60 Å². The fourth-order valence-electron chi connectivity index (χ4n) is 4.19. The molecule has 1 N–H and O–H groups in total. The highest BCUT2D eigenvalue weighted by molar-refractivity contribution is 7.52. The molecule has 0 rings (SSSR count). The van der Waals surface area contributed by atoms with Crippen molar-refractivity contribution in [3.8, 4) is 0 Å². The molecule has 1 atom stereocenters. The van der Waals surface area contributed by atoms with E-state index in [1.807, 2.05) is 0 Å². The van der Waals surface area contributed by atoms with Crippen molar-refractivity contribution >= 4 is 7.60 Å². The van der Waals surface area contributed by atoms with Crippen molar-refractivity contribution in [1.82, 2.24) is 0 Å². The van der Waals surface area contributed by atoms with Crippen LogP contribution in [-0.4, -0.2) is 17.7 Å². The molecule has 0 saturated heterocycles. The highest BCUT2D eigenvalue weighted by Crippen LogP contribution is 2.43. The van der Waals surface area contributed by atoms with Crippen LogP contribution in [0.25, 0.3) is 0 Å². The Bertz CT molecular complexity index is 355. The number of rotatable bonds is 26. The summed E-state index contributed by atoms with van der Waals surface area (Å²) < 4.78 is 17.4. The van der Waals surface area contributed by atoms with E-state index in [0.717, 1.165) is 25.7 Å². The maximum absolute atomic E-state index is 12.1. The topological polar surface area (TPSA) is 46.5 Å². The molecule has 0 radical (unpaired) electrons. The van der Waals surface area contributed by atoms with Crippen LogP contribution in [0.5, 0.6) is 0 Å². The molecule has 0 saturated carbocycles. The lowest BCUT2D eigenvalue weighted by molar-refractivity contribution is 0.251. The molecular formula is C27H57O3P. The Hall–Kier alpha value is 0.150. The molecular weight excluding hydrogens is 403 g/mol. The lowest BCUT2D eigenvalue weighted by Gasteiger charge is -2.12. The third-order valence-corrected chi connectivity index (χ3v) is 7.80. The summed E-state index contributed by atoms with van der Waals surface area (Å²) in [6.07, 6.45) is 29.8. The summed E-state index contributed by atoms with van der Waals surface area (Å²) in [5.74, 6) is 0. The normalized spacial score (nSPS) is 13.5. The van der Waals surface area contributed by atoms with Gasteiger partial charge in [-0.25, -0.2) is 0 Å². The van der Waals surface area contributed by atoms with Gasteiger partial charge < -0.3 is 9.42 Å². The van der Waals surface area contributed by atoms with E-state index in [9.17, 15) is 9.46 Å². The molecule has 4 heteroatoms. The Morgan fingerprint density at radius 1 is 0.484 bits per heavy atom. The molecule has 188 valence electrons. The summed E-state index contributed by atoms with van der Waals surface area (Å²) in [7, 11) is -3.35. The van der Waals surface area contributed by atoms with Crippen molar-refractivity contribution in [2.24, 2.45) is 0 Å². The Balaban J connectivity index is 3.30. The van der Waals surface area contributed by atoms with E-state index >= 15 is 0 Å². The fourth-order valence-corrected chi connectivity index (χ4v) is 5.36. The van der Waals surface area contributed by atoms with Gasteiger partial charge in [0.25, 0.3) is 0 Å². The molecule has 0 bridgehead atoms. The van der Waals surface area contributed by atoms with Crippen molar-refractivity contribution in [3.05, 3.63) is 0 Å². The van der Waals surface area contributed by atoms with Gasteiger partial charge in [-0.1, -0.05) is 149 Å². The summed E-state index contributed by atoms with van der Waals surface area (Å²) in [5, 5.41) is 0. The highest BCUT2D eigenvalue weighted by Gasteiger charge is 2.17. The zero-order valence-corrected chi connectivity index (χ0v) is 22.3. The van der Waals surface area contributed by atoms with Gasteiger partial charge in [0.1, 0.15) is 0 Å². The van der Waals surface area contributed by atoms with E-state index in [1.165, 1.54) is 122 Å². The number of hydrogen-bond donors (Lipinski definition) is 1. The van der Waals surface area contributed by atoms with Gasteiger partial charge in [-0.15, -0.1) is 0 Å². The Morgan fingerprint density at radius 3 is 1.13 bits per heavy atom. The standard InChI is InChI=1S/C27H57O3P/c1-3-5-7-9-11-13-15-17-19-21-23-25-27-31(28,29)30-26-24-22-20-18-16-14-12-10-8-6-4-2/h3-27H2,1-2H3,(H,28,29). The first kappa shape index (κ1) is 31.1. The average molecular weight is 461 g/mol. The minimum absolute atomic E-state index is 0.336. The summed E-state index contributed by atoms with van der Waals surface area (Å²) in [6, 6.07) is 0. The van der Waals surface area contributed by atoms with Crippen LogP contribution in [0, 0.1) is 0 Å². The SMILES string of the molecule is CCCCCCCCCCCCCCP(=O)(O)OCCCCCCCCCCCCC. The molecule has 0 aliphatic heterocycles. The van der Waals surface area contributed by atoms with Crippen LogP contribution >= 0.6 is 7.60 Å². The third-order valence-electron chi connectivity index (χ3n) is 6.34. The van der Waals surface area contributed by atoms with E-state index in [2.05, 4.69) is 13.8 Å². The molecule has 1 unspecified atom stereocenters. The molecule has 0 amide bonds. The van der Waals surface area contributed by atoms with Gasteiger partial charge in [-0.2, -0.15) is 0 Å². The second kappa shape index (κ2) is 24.8. The maximum Gasteiger partial charge on any atom is 0.328 e. The lowest BCUT2D eigenvalue weighted by Crippen LogP contribution is -1.97. The molecule has 0 aliphatic carbocycles. The predicted molar refractivity (Wildman–Crippen MR) is 138 cm³/mol. The summed E-state index contributed by atoms with van der Waals surface area (Å²) >= 11 is 0. The fraction of sp³-hybridized carbons (Fsp3) is 1.00. The molecule has 0 aromatic rings. The van der Waals surface area contributed by atoms with Crippen LogP contribution in [0.4, 0.5) is 0 Å². The van der Waals surface area contributed by atoms with E-state index < -0.39 is 7.60 Å². The van der Waals surface area contributed by atoms with Crippen LogP contribution < -0.4 is 0 Å². The monoisotopic (exact) mass is 460 g/mol. The maximum atomic E-state index is 12.1. The van der Waals surface area contributed by atoms with E-state index in [1.54, 1.807) is 0 Å². The zero-order valence-electron chi connectivity index (χ0n) is 21.4. The molecule has 0 heterocycles. The molecule has 0 aromatic carbocycles. The van der Waals surface area contributed by atoms with E-state index in [4.69, 9.17) is 4.52 Å². The van der Waals surface area contributed by atoms with Crippen LogP contribution in [-0.2, 0) is 9.09 Å². The molecule has 0 fully saturated rings. The minimum atomic E-state index is -3.35. The Morgan fingerprint density at radius 2 is 0.774 bits per heavy atom. The van der Waals surface area contributed by atoms with Crippen molar-refractivity contribution in [3.63, 3.8) is 0 Å². The lowest BCUT2D eigenvalue weighted by atomic mass is 10.1. The second-order valence-corrected chi connectivity index (χ2v) is 11.6. The van der Waals surface area contributed by atoms with Gasteiger partial charge in [-0.05, 0) is 12.8 Å². The van der Waals surface area contributed by atoms with Gasteiger partial charge in [0.05, 0.1) is 6.61 Å². The average Bonchev–Trinajstić information content (AvgIpc) is 2.75. The Labute approximate surface area is 196 Å². The van der Waals surface area contributed by atoms with Crippen LogP contribution in [0.3, 0.4) is 0 Å².